The van der Waals surface area contributed by atoms with Gasteiger partial charge >= 0.3 is 6.09 Å². The van der Waals surface area contributed by atoms with Gasteiger partial charge in [-0.05, 0) is 58.7 Å². The number of hydrogen-bond donors (Lipinski definition) is 1. The Hall–Kier alpha value is -4.00. The molecular weight excluding hydrogens is 556 g/mol. The Balaban J connectivity index is 1.49. The van der Waals surface area contributed by atoms with Crippen LogP contribution in [0.3, 0.4) is 0 Å². The number of fused-ring (bicyclic) bond motifs is 1. The first-order valence-corrected chi connectivity index (χ1v) is 15.0. The zero-order valence-electron chi connectivity index (χ0n) is 24.7. The van der Waals surface area contributed by atoms with Gasteiger partial charge in [0.25, 0.3) is 5.91 Å². The number of nitrogens with zero attached hydrogens (tertiary/aromatic N) is 8. The smallest absolute Gasteiger partial charge is 0.407 e. The van der Waals surface area contributed by atoms with Crippen LogP contribution < -0.4 is 9.80 Å². The van der Waals surface area contributed by atoms with E-state index in [1.54, 1.807) is 17.0 Å². The van der Waals surface area contributed by atoms with Gasteiger partial charge in [-0.2, -0.15) is 0 Å². The summed E-state index contributed by atoms with van der Waals surface area (Å²) >= 11 is 1.46. The number of carbonyl (C=O) groups is 3. The summed E-state index contributed by atoms with van der Waals surface area (Å²) in [6.07, 6.45) is 1.26. The Bertz CT molecular complexity index is 1540. The fourth-order valence-electron chi connectivity index (χ4n) is 5.14. The van der Waals surface area contributed by atoms with Crippen LogP contribution in [0.25, 0.3) is 11.5 Å². The number of carboxylic acid groups (broad SMARTS) is 1. The quantitative estimate of drug-likeness (QED) is 0.374. The average Bonchev–Trinajstić information content (AvgIpc) is 3.65. The number of Topliss-reactive ketones (excluding diaryl/α,β-unsaturated/α-hetero) is 1. The lowest BCUT2D eigenvalue weighted by Crippen LogP contribution is -2.29. The molecule has 0 aromatic carbocycles. The van der Waals surface area contributed by atoms with Crippen molar-refractivity contribution in [2.75, 3.05) is 23.9 Å². The van der Waals surface area contributed by atoms with Gasteiger partial charge in [-0.1, -0.05) is 17.8 Å². The van der Waals surface area contributed by atoms with Gasteiger partial charge in [0.1, 0.15) is 23.1 Å². The molecule has 1 unspecified atom stereocenters. The Morgan fingerprint density at radius 3 is 2.55 bits per heavy atom. The molecule has 0 bridgehead atoms. The van der Waals surface area contributed by atoms with Crippen molar-refractivity contribution in [3.8, 4) is 11.5 Å². The highest BCUT2D eigenvalue weighted by Gasteiger charge is 2.34. The molecule has 1 saturated carbocycles. The minimum absolute atomic E-state index is 0.0216. The van der Waals surface area contributed by atoms with Crippen LogP contribution in [0.5, 0.6) is 0 Å². The molecule has 222 valence electrons. The van der Waals surface area contributed by atoms with Gasteiger partial charge in [-0.25, -0.2) is 14.8 Å². The van der Waals surface area contributed by atoms with Crippen molar-refractivity contribution in [1.82, 2.24) is 29.6 Å². The van der Waals surface area contributed by atoms with E-state index in [1.165, 1.54) is 18.8 Å². The summed E-state index contributed by atoms with van der Waals surface area (Å²) in [5.74, 6) is 1.64. The number of rotatable bonds is 9. The van der Waals surface area contributed by atoms with Gasteiger partial charge in [0, 0.05) is 38.2 Å². The molecule has 1 aliphatic heterocycles. The number of carbonyl (C=O) groups excluding carboxylic acids is 2. The third-order valence-corrected chi connectivity index (χ3v) is 9.03. The van der Waals surface area contributed by atoms with Crippen molar-refractivity contribution < 1.29 is 19.5 Å². The van der Waals surface area contributed by atoms with E-state index >= 15 is 0 Å². The van der Waals surface area contributed by atoms with Gasteiger partial charge < -0.3 is 14.9 Å². The van der Waals surface area contributed by atoms with Crippen LogP contribution in [0.1, 0.15) is 74.6 Å². The number of ketones is 1. The summed E-state index contributed by atoms with van der Waals surface area (Å²) < 4.78 is 1.99. The molecule has 5 rings (SSSR count). The molecule has 1 N–H and O–H groups in total. The zero-order chi connectivity index (χ0) is 30.3. The lowest BCUT2D eigenvalue weighted by atomic mass is 10.1. The second-order valence-electron chi connectivity index (χ2n) is 11.3. The van der Waals surface area contributed by atoms with E-state index in [0.717, 1.165) is 17.7 Å². The molecule has 1 fully saturated rings. The Kier molecular flexibility index (Phi) is 8.22. The fraction of sp³-hybridized carbons (Fsp3) is 0.483. The normalized spacial score (nSPS) is 16.6. The topological polar surface area (TPSA) is 138 Å². The number of anilines is 2. The Morgan fingerprint density at radius 2 is 1.90 bits per heavy atom. The molecule has 0 radical (unpaired) electrons. The fourth-order valence-corrected chi connectivity index (χ4v) is 6.42. The van der Waals surface area contributed by atoms with Crippen LogP contribution in [-0.2, 0) is 17.9 Å². The van der Waals surface area contributed by atoms with Crippen molar-refractivity contribution >= 4 is 41.2 Å². The van der Waals surface area contributed by atoms with Crippen LogP contribution in [-0.4, -0.2) is 77.9 Å². The van der Waals surface area contributed by atoms with E-state index < -0.39 is 6.09 Å². The van der Waals surface area contributed by atoms with E-state index in [4.69, 9.17) is 9.97 Å². The predicted octanol–water partition coefficient (Wildman–Crippen LogP) is 4.64. The van der Waals surface area contributed by atoms with Crippen LogP contribution in [0.15, 0.2) is 29.4 Å². The SMILES string of the molecule is CC(C)N(C)c1cc2c(c(CN(C)C(=O)O)n1)CN(c1cccc(-c3nnc(SC4CCCC4=O)n3C(C)C)n1)C2=O. The summed E-state index contributed by atoms with van der Waals surface area (Å²) in [6.45, 7) is 8.37. The highest BCUT2D eigenvalue weighted by molar-refractivity contribution is 8.00. The minimum Gasteiger partial charge on any atom is -0.465 e. The standard InChI is InChI=1S/C29H36N8O4S/c1-16(2)35(6)25-13-18-19(21(31-25)15-34(5)29(40)41)14-36(27(18)39)24-12-7-9-20(30-24)26-32-33-28(37(26)17(3)4)42-23-11-8-10-22(23)38/h7,9,12-13,16-17,23H,8,10-11,14-15H2,1-6H3,(H,40,41). The van der Waals surface area contributed by atoms with E-state index in [1.807, 2.05) is 56.3 Å². The van der Waals surface area contributed by atoms with Crippen molar-refractivity contribution in [3.05, 3.63) is 41.1 Å². The second-order valence-corrected chi connectivity index (χ2v) is 12.5. The molecule has 0 spiro atoms. The lowest BCUT2D eigenvalue weighted by molar-refractivity contribution is -0.116. The van der Waals surface area contributed by atoms with Gasteiger partial charge in [0.05, 0.1) is 29.6 Å². The molecule has 42 heavy (non-hydrogen) atoms. The molecule has 3 aromatic heterocycles. The summed E-state index contributed by atoms with van der Waals surface area (Å²) in [7, 11) is 3.38. The molecular formula is C29H36N8O4S. The first-order valence-electron chi connectivity index (χ1n) is 14.1. The van der Waals surface area contributed by atoms with Gasteiger partial charge in [-0.3, -0.25) is 19.1 Å². The largest absolute Gasteiger partial charge is 0.465 e. The molecule has 1 aliphatic carbocycles. The molecule has 4 heterocycles. The Labute approximate surface area is 249 Å². The maximum Gasteiger partial charge on any atom is 0.407 e. The van der Waals surface area contributed by atoms with Crippen LogP contribution in [0.4, 0.5) is 16.4 Å². The molecule has 12 nitrogen and oxygen atoms in total. The summed E-state index contributed by atoms with van der Waals surface area (Å²) in [5, 5.41) is 18.9. The van der Waals surface area contributed by atoms with Crippen molar-refractivity contribution in [2.24, 2.45) is 0 Å². The maximum absolute atomic E-state index is 13.8. The zero-order valence-corrected chi connectivity index (χ0v) is 25.6. The number of pyridine rings is 2. The van der Waals surface area contributed by atoms with Crippen molar-refractivity contribution in [3.63, 3.8) is 0 Å². The van der Waals surface area contributed by atoms with Crippen LogP contribution in [0.2, 0.25) is 0 Å². The highest BCUT2D eigenvalue weighted by Crippen LogP contribution is 2.36. The first kappa shape index (κ1) is 29.5. The van der Waals surface area contributed by atoms with Crippen LogP contribution >= 0.6 is 11.8 Å². The van der Waals surface area contributed by atoms with E-state index in [2.05, 4.69) is 10.2 Å². The molecule has 2 amide bonds. The summed E-state index contributed by atoms with van der Waals surface area (Å²) in [4.78, 5) is 52.0. The third kappa shape index (κ3) is 5.57. The minimum atomic E-state index is -1.08. The lowest BCUT2D eigenvalue weighted by Gasteiger charge is -2.24. The second kappa shape index (κ2) is 11.7. The average molecular weight is 593 g/mol. The molecule has 3 aromatic rings. The van der Waals surface area contributed by atoms with Crippen molar-refractivity contribution in [1.29, 1.82) is 0 Å². The van der Waals surface area contributed by atoms with Gasteiger partial charge in [0.2, 0.25) is 0 Å². The predicted molar refractivity (Wildman–Crippen MR) is 160 cm³/mol. The number of thioether (sulfide) groups is 1. The monoisotopic (exact) mass is 592 g/mol. The molecule has 2 aliphatic rings. The third-order valence-electron chi connectivity index (χ3n) is 7.75. The van der Waals surface area contributed by atoms with E-state index in [9.17, 15) is 19.5 Å². The van der Waals surface area contributed by atoms with Gasteiger partial charge in [0.15, 0.2) is 11.0 Å². The van der Waals surface area contributed by atoms with E-state index in [-0.39, 0.29) is 42.1 Å². The number of hydrogen-bond acceptors (Lipinski definition) is 9. The Morgan fingerprint density at radius 1 is 1.14 bits per heavy atom. The van der Waals surface area contributed by atoms with Gasteiger partial charge in [-0.15, -0.1) is 10.2 Å². The van der Waals surface area contributed by atoms with Crippen molar-refractivity contribution in [2.45, 2.75) is 82.5 Å². The van der Waals surface area contributed by atoms with E-state index in [0.29, 0.717) is 51.6 Å². The summed E-state index contributed by atoms with van der Waals surface area (Å²) in [5.41, 5.74) is 2.27. The molecule has 1 atom stereocenters. The molecule has 13 heteroatoms. The summed E-state index contributed by atoms with van der Waals surface area (Å²) in [6, 6.07) is 7.35. The number of aromatic nitrogens is 5. The first-order chi connectivity index (χ1) is 20.0. The molecule has 0 saturated heterocycles. The maximum atomic E-state index is 13.8. The van der Waals surface area contributed by atoms with Crippen LogP contribution in [0, 0.1) is 0 Å². The highest BCUT2D eigenvalue weighted by atomic mass is 32.2. The number of amides is 2.